The molecule has 0 aliphatic carbocycles. The molecule has 1 N–H and O–H groups in total. The van der Waals surface area contributed by atoms with Crippen molar-refractivity contribution in [2.75, 3.05) is 13.2 Å². The molecular weight excluding hydrogens is 464 g/mol. The van der Waals surface area contributed by atoms with Crippen LogP contribution in [0.15, 0.2) is 18.2 Å². The van der Waals surface area contributed by atoms with E-state index in [1.807, 2.05) is 0 Å². The van der Waals surface area contributed by atoms with Gasteiger partial charge in [-0.15, -0.1) is 0 Å². The molecule has 0 radical (unpaired) electrons. The molecule has 0 aliphatic heterocycles. The Labute approximate surface area is 226 Å². The van der Waals surface area contributed by atoms with Gasteiger partial charge >= 0.3 is 11.9 Å². The molecule has 5 nitrogen and oxygen atoms in total. The van der Waals surface area contributed by atoms with E-state index in [-0.39, 0.29) is 16.9 Å². The van der Waals surface area contributed by atoms with Crippen molar-refractivity contribution in [1.82, 2.24) is 0 Å². The average molecular weight is 519 g/mol. The highest BCUT2D eigenvalue weighted by Gasteiger charge is 2.15. The number of ether oxygens (including phenoxy) is 2. The van der Waals surface area contributed by atoms with Crippen molar-refractivity contribution >= 4 is 11.9 Å². The van der Waals surface area contributed by atoms with Crippen LogP contribution in [-0.2, 0) is 9.47 Å². The Bertz CT molecular complexity index is 659. The van der Waals surface area contributed by atoms with E-state index >= 15 is 0 Å². The van der Waals surface area contributed by atoms with Gasteiger partial charge in [0.05, 0.1) is 24.3 Å². The van der Waals surface area contributed by atoms with Crippen molar-refractivity contribution in [2.45, 2.75) is 142 Å². The quantitative estimate of drug-likeness (QED) is 0.109. The summed E-state index contributed by atoms with van der Waals surface area (Å²) in [5, 5.41) is 10.00. The molecule has 0 saturated heterocycles. The normalized spacial score (nSPS) is 11.0. The fourth-order valence-corrected chi connectivity index (χ4v) is 4.52. The Morgan fingerprint density at radius 1 is 0.514 bits per heavy atom. The van der Waals surface area contributed by atoms with Crippen LogP contribution in [0.2, 0.25) is 0 Å². The van der Waals surface area contributed by atoms with Gasteiger partial charge in [-0.2, -0.15) is 0 Å². The standard InChI is InChI=1S/C32H54O5/c1-3-5-7-9-11-13-15-17-19-21-23-36-31(34)28-25-29(27-30(33)26-28)32(35)37-24-22-20-18-16-14-12-10-8-6-4-2/h25-27,33H,3-24H2,1-2H3. The SMILES string of the molecule is CCCCCCCCCCCCOC(=O)c1cc(O)cc(C(=O)OCCCCCCCCCCCC)c1. The van der Waals surface area contributed by atoms with Crippen molar-refractivity contribution in [2.24, 2.45) is 0 Å². The maximum Gasteiger partial charge on any atom is 0.338 e. The van der Waals surface area contributed by atoms with E-state index in [0.29, 0.717) is 13.2 Å². The molecule has 0 saturated carbocycles. The number of carbonyl (C=O) groups is 2. The van der Waals surface area contributed by atoms with Gasteiger partial charge in [-0.05, 0) is 31.0 Å². The molecule has 212 valence electrons. The highest BCUT2D eigenvalue weighted by Crippen LogP contribution is 2.18. The van der Waals surface area contributed by atoms with E-state index in [9.17, 15) is 14.7 Å². The number of unbranched alkanes of at least 4 members (excludes halogenated alkanes) is 18. The minimum atomic E-state index is -0.518. The van der Waals surface area contributed by atoms with Crippen LogP contribution < -0.4 is 0 Å². The van der Waals surface area contributed by atoms with E-state index in [1.54, 1.807) is 0 Å². The van der Waals surface area contributed by atoms with Crippen LogP contribution in [0, 0.1) is 0 Å². The van der Waals surface area contributed by atoms with Gasteiger partial charge in [0.15, 0.2) is 0 Å². The van der Waals surface area contributed by atoms with Crippen LogP contribution in [-0.4, -0.2) is 30.3 Å². The molecule has 0 spiro atoms. The summed E-state index contributed by atoms with van der Waals surface area (Å²) >= 11 is 0. The second-order valence-electron chi connectivity index (χ2n) is 10.4. The predicted octanol–water partition coefficient (Wildman–Crippen LogP) is 9.55. The van der Waals surface area contributed by atoms with Crippen molar-refractivity contribution < 1.29 is 24.2 Å². The lowest BCUT2D eigenvalue weighted by atomic mass is 10.1. The Kier molecular flexibility index (Phi) is 20.6. The van der Waals surface area contributed by atoms with Crippen molar-refractivity contribution in [1.29, 1.82) is 0 Å². The first-order valence-electron chi connectivity index (χ1n) is 15.3. The Hall–Kier alpha value is -2.04. The second-order valence-corrected chi connectivity index (χ2v) is 10.4. The molecule has 5 heteroatoms. The van der Waals surface area contributed by atoms with Crippen LogP contribution >= 0.6 is 0 Å². The molecule has 0 atom stereocenters. The number of hydrogen-bond acceptors (Lipinski definition) is 5. The van der Waals surface area contributed by atoms with E-state index in [1.165, 1.54) is 108 Å². The first-order valence-corrected chi connectivity index (χ1v) is 15.3. The molecule has 37 heavy (non-hydrogen) atoms. The summed E-state index contributed by atoms with van der Waals surface area (Å²) in [5.74, 6) is -1.18. The van der Waals surface area contributed by atoms with Crippen molar-refractivity contribution in [3.05, 3.63) is 29.3 Å². The first-order chi connectivity index (χ1) is 18.1. The third-order valence-electron chi connectivity index (χ3n) is 6.85. The molecule has 1 rings (SSSR count). The lowest BCUT2D eigenvalue weighted by Crippen LogP contribution is -2.10. The monoisotopic (exact) mass is 518 g/mol. The van der Waals surface area contributed by atoms with Gasteiger partial charge in [0.25, 0.3) is 0 Å². The maximum atomic E-state index is 12.4. The first kappa shape index (κ1) is 33.0. The zero-order valence-corrected chi connectivity index (χ0v) is 23.9. The van der Waals surface area contributed by atoms with Crippen LogP contribution in [0.25, 0.3) is 0 Å². The number of phenolic OH excluding ortho intramolecular Hbond substituents is 1. The van der Waals surface area contributed by atoms with E-state index in [4.69, 9.17) is 9.47 Å². The third kappa shape index (κ3) is 18.0. The van der Waals surface area contributed by atoms with Gasteiger partial charge in [-0.25, -0.2) is 9.59 Å². The number of aromatic hydroxyl groups is 1. The van der Waals surface area contributed by atoms with Gasteiger partial charge in [-0.1, -0.05) is 129 Å². The number of phenols is 1. The zero-order chi connectivity index (χ0) is 27.0. The van der Waals surface area contributed by atoms with Crippen LogP contribution in [0.3, 0.4) is 0 Å². The van der Waals surface area contributed by atoms with E-state index < -0.39 is 11.9 Å². The molecule has 1 aromatic rings. The highest BCUT2D eigenvalue weighted by molar-refractivity contribution is 5.96. The average Bonchev–Trinajstić information content (AvgIpc) is 2.89. The lowest BCUT2D eigenvalue weighted by Gasteiger charge is -2.09. The van der Waals surface area contributed by atoms with E-state index in [0.717, 1.165) is 38.5 Å². The minimum absolute atomic E-state index is 0.140. The predicted molar refractivity (Wildman–Crippen MR) is 152 cm³/mol. The largest absolute Gasteiger partial charge is 0.508 e. The topological polar surface area (TPSA) is 72.8 Å². The number of rotatable bonds is 24. The highest BCUT2D eigenvalue weighted by atomic mass is 16.5. The summed E-state index contributed by atoms with van der Waals surface area (Å²) in [6.45, 7) is 5.18. The summed E-state index contributed by atoms with van der Waals surface area (Å²) in [6, 6.07) is 4.11. The summed E-state index contributed by atoms with van der Waals surface area (Å²) in [6.07, 6.45) is 24.3. The van der Waals surface area contributed by atoms with Gasteiger partial charge in [-0.3, -0.25) is 0 Å². The number of carbonyl (C=O) groups excluding carboxylic acids is 2. The molecular formula is C32H54O5. The summed E-state index contributed by atoms with van der Waals surface area (Å²) in [5.41, 5.74) is 0.357. The summed E-state index contributed by atoms with van der Waals surface area (Å²) in [4.78, 5) is 24.8. The minimum Gasteiger partial charge on any atom is -0.508 e. The Morgan fingerprint density at radius 3 is 1.14 bits per heavy atom. The molecule has 0 aromatic heterocycles. The third-order valence-corrected chi connectivity index (χ3v) is 6.85. The smallest absolute Gasteiger partial charge is 0.338 e. The number of esters is 2. The van der Waals surface area contributed by atoms with Gasteiger partial charge < -0.3 is 14.6 Å². The molecule has 1 aromatic carbocycles. The van der Waals surface area contributed by atoms with Crippen LogP contribution in [0.4, 0.5) is 0 Å². The summed E-state index contributed by atoms with van der Waals surface area (Å²) < 4.78 is 10.7. The van der Waals surface area contributed by atoms with Gasteiger partial charge in [0, 0.05) is 0 Å². The molecule has 0 aliphatic rings. The van der Waals surface area contributed by atoms with Crippen LogP contribution in [0.1, 0.15) is 163 Å². The lowest BCUT2D eigenvalue weighted by molar-refractivity contribution is 0.0495. The molecule has 0 fully saturated rings. The Morgan fingerprint density at radius 2 is 0.811 bits per heavy atom. The maximum absolute atomic E-state index is 12.4. The molecule has 0 unspecified atom stereocenters. The summed E-state index contributed by atoms with van der Waals surface area (Å²) in [7, 11) is 0. The Balaban J connectivity index is 2.18. The number of benzene rings is 1. The fraction of sp³-hybridized carbons (Fsp3) is 0.750. The molecule has 0 amide bonds. The second kappa shape index (κ2) is 23.1. The van der Waals surface area contributed by atoms with Gasteiger partial charge in [0.2, 0.25) is 0 Å². The zero-order valence-electron chi connectivity index (χ0n) is 23.9. The van der Waals surface area contributed by atoms with Crippen molar-refractivity contribution in [3.63, 3.8) is 0 Å². The molecule has 0 heterocycles. The van der Waals surface area contributed by atoms with Crippen LogP contribution in [0.5, 0.6) is 5.75 Å². The van der Waals surface area contributed by atoms with E-state index in [2.05, 4.69) is 13.8 Å². The molecule has 0 bridgehead atoms. The van der Waals surface area contributed by atoms with Gasteiger partial charge in [0.1, 0.15) is 5.75 Å². The van der Waals surface area contributed by atoms with Crippen molar-refractivity contribution in [3.8, 4) is 5.75 Å². The number of hydrogen-bond donors (Lipinski definition) is 1. The fourth-order valence-electron chi connectivity index (χ4n) is 4.52.